The zero-order chi connectivity index (χ0) is 41.5. The van der Waals surface area contributed by atoms with E-state index < -0.39 is 0 Å². The van der Waals surface area contributed by atoms with Crippen molar-refractivity contribution in [3.8, 4) is 33.4 Å². The molecule has 0 nitrogen and oxygen atoms in total. The monoisotopic (exact) mass is 892 g/mol. The molecule has 58 heavy (non-hydrogen) atoms. The van der Waals surface area contributed by atoms with E-state index in [4.69, 9.17) is 0 Å². The number of rotatable bonds is 8. The third-order valence-corrected chi connectivity index (χ3v) is 12.2. The molecule has 0 aliphatic heterocycles. The third kappa shape index (κ3) is 14.1. The standard InChI is InChI=1S/C41H49.C9H18.C5H5.2ClH.Zr/c1-38(2,3)30-17-13-26(14-18-30)34-22-28-21-29-23-35(27-15-19-31(20-16-27)39(4,5)6)37(41(10,11)12)25-33(29)32(28)24-36(34)40(7,8)9;1-3-5-7-9-8-6-4-2;1-2-4-5-3-1;;;/h13-20,22,24-25H,21H2,1-12H3;3-8H2,1-2H3;1-5H;2*1H;/q-1;;-1;;;+2/p-2. The summed E-state index contributed by atoms with van der Waals surface area (Å²) in [5, 5.41) is 0. The quantitative estimate of drug-likeness (QED) is 0.134. The van der Waals surface area contributed by atoms with Crippen molar-refractivity contribution >= 4 is 3.21 Å². The number of benzene rings is 4. The van der Waals surface area contributed by atoms with E-state index in [1.807, 2.05) is 30.3 Å². The van der Waals surface area contributed by atoms with Gasteiger partial charge >= 0.3 is 79.8 Å². The van der Waals surface area contributed by atoms with E-state index in [2.05, 4.69) is 170 Å². The largest absolute Gasteiger partial charge is 1.00 e. The molecule has 5 aromatic carbocycles. The van der Waals surface area contributed by atoms with Gasteiger partial charge in [0.1, 0.15) is 0 Å². The maximum atomic E-state index is 3.96. The Bertz CT molecular complexity index is 1850. The number of hydrogen-bond donors (Lipinski definition) is 0. The molecule has 0 aromatic heterocycles. The Hall–Kier alpha value is -2.44. The topological polar surface area (TPSA) is 0 Å². The van der Waals surface area contributed by atoms with E-state index in [0.29, 0.717) is 0 Å². The van der Waals surface area contributed by atoms with Gasteiger partial charge in [0.25, 0.3) is 0 Å². The van der Waals surface area contributed by atoms with Crippen LogP contribution < -0.4 is 24.8 Å². The molecule has 6 rings (SSSR count). The first-order chi connectivity index (χ1) is 26.1. The molecule has 0 heterocycles. The first-order valence-corrected chi connectivity index (χ1v) is 22.6. The van der Waals surface area contributed by atoms with E-state index in [1.54, 1.807) is 27.4 Å². The molecule has 5 aromatic rings. The second-order valence-electron chi connectivity index (χ2n) is 20.1. The van der Waals surface area contributed by atoms with Gasteiger partial charge in [-0.1, -0.05) is 160 Å². The number of hydrogen-bond acceptors (Lipinski definition) is 0. The fourth-order valence-corrected chi connectivity index (χ4v) is 8.26. The number of halogens is 2. The van der Waals surface area contributed by atoms with Crippen molar-refractivity contribution in [1.29, 1.82) is 0 Å². The Labute approximate surface area is 383 Å². The van der Waals surface area contributed by atoms with Crippen LogP contribution in [0.15, 0.2) is 97.1 Å². The van der Waals surface area contributed by atoms with Crippen LogP contribution in [-0.4, -0.2) is 3.21 Å². The Morgan fingerprint density at radius 1 is 0.569 bits per heavy atom. The summed E-state index contributed by atoms with van der Waals surface area (Å²) in [6, 6.07) is 39.9. The zero-order valence-electron chi connectivity index (χ0n) is 38.4. The van der Waals surface area contributed by atoms with Crippen molar-refractivity contribution in [2.75, 3.05) is 0 Å². The third-order valence-electron chi connectivity index (χ3n) is 11.0. The minimum absolute atomic E-state index is 0. The van der Waals surface area contributed by atoms with E-state index >= 15 is 0 Å². The minimum Gasteiger partial charge on any atom is -1.00 e. The van der Waals surface area contributed by atoms with Gasteiger partial charge in [-0.2, -0.15) is 18.2 Å². The van der Waals surface area contributed by atoms with Crippen LogP contribution >= 0.6 is 0 Å². The second-order valence-corrected chi connectivity index (χ2v) is 21.8. The van der Waals surface area contributed by atoms with E-state index in [9.17, 15) is 0 Å². The smallest absolute Gasteiger partial charge is 0.172 e. The summed E-state index contributed by atoms with van der Waals surface area (Å²) in [5.41, 5.74) is 16.5. The molecule has 0 amide bonds. The van der Waals surface area contributed by atoms with Crippen molar-refractivity contribution in [1.82, 2.24) is 0 Å². The van der Waals surface area contributed by atoms with Gasteiger partial charge in [0.15, 0.2) is 0 Å². The molecule has 0 fully saturated rings. The summed E-state index contributed by atoms with van der Waals surface area (Å²) in [6.07, 6.45) is 9.24. The molecule has 0 saturated carbocycles. The molecule has 0 spiro atoms. The maximum Gasteiger partial charge on any atom is -0.172 e. The van der Waals surface area contributed by atoms with Crippen LogP contribution in [0.25, 0.3) is 33.4 Å². The van der Waals surface area contributed by atoms with Crippen molar-refractivity contribution in [3.63, 3.8) is 0 Å². The molecular weight excluding hydrogens is 823 g/mol. The molecule has 1 aliphatic rings. The van der Waals surface area contributed by atoms with Crippen LogP contribution in [-0.2, 0) is 52.3 Å². The van der Waals surface area contributed by atoms with Crippen molar-refractivity contribution < 1.29 is 49.0 Å². The van der Waals surface area contributed by atoms with Crippen molar-refractivity contribution in [2.24, 2.45) is 0 Å². The first kappa shape index (κ1) is 51.7. The van der Waals surface area contributed by atoms with E-state index in [-0.39, 0.29) is 46.5 Å². The molecule has 1 aliphatic carbocycles. The maximum absolute atomic E-state index is 3.96. The zero-order valence-corrected chi connectivity index (χ0v) is 42.4. The molecule has 0 N–H and O–H groups in total. The van der Waals surface area contributed by atoms with Gasteiger partial charge in [0.05, 0.1) is 0 Å². The first-order valence-electron chi connectivity index (χ1n) is 21.4. The average Bonchev–Trinajstić information content (AvgIpc) is 3.83. The van der Waals surface area contributed by atoms with Crippen LogP contribution in [0.3, 0.4) is 0 Å². The summed E-state index contributed by atoms with van der Waals surface area (Å²) in [7, 11) is 0. The summed E-state index contributed by atoms with van der Waals surface area (Å²) in [5.74, 6) is 0. The molecule has 0 atom stereocenters. The van der Waals surface area contributed by atoms with Gasteiger partial charge in [0, 0.05) is 0 Å². The minimum atomic E-state index is 0. The van der Waals surface area contributed by atoms with Crippen LogP contribution in [0.2, 0.25) is 0 Å². The SMILES string of the molecule is CC(C)(C)c1ccc(-c2[c-]c3c(cc2C(C)(C)C)-c2cc(C(C)(C)C)c(-c4ccc(C(C)(C)C)cc4)cc2C3)cc1.CCCC[C](=[Zr+2])CCCC.[Cl-].[Cl-].c1cc[cH-]c1. The molecule has 0 radical (unpaired) electrons. The van der Waals surface area contributed by atoms with Crippen LogP contribution in [0, 0.1) is 6.07 Å². The van der Waals surface area contributed by atoms with Gasteiger partial charge < -0.3 is 24.8 Å². The van der Waals surface area contributed by atoms with Crippen LogP contribution in [0.4, 0.5) is 0 Å². The van der Waals surface area contributed by atoms with E-state index in [0.717, 1.165) is 6.42 Å². The Morgan fingerprint density at radius 3 is 1.41 bits per heavy atom. The summed E-state index contributed by atoms with van der Waals surface area (Å²) in [4.78, 5) is 0. The average molecular weight is 895 g/mol. The molecule has 312 valence electrons. The normalized spacial score (nSPS) is 12.1. The van der Waals surface area contributed by atoms with Crippen molar-refractivity contribution in [2.45, 2.75) is 164 Å². The van der Waals surface area contributed by atoms with Crippen molar-refractivity contribution in [3.05, 3.63) is 137 Å². The predicted octanol–water partition coefficient (Wildman–Crippen LogP) is 10.1. The molecule has 0 unspecified atom stereocenters. The summed E-state index contributed by atoms with van der Waals surface area (Å²) in [6.45, 7) is 32.2. The molecule has 3 heteroatoms. The van der Waals surface area contributed by atoms with Crippen LogP contribution in [0.1, 0.15) is 169 Å². The fourth-order valence-electron chi connectivity index (χ4n) is 7.39. The Balaban J connectivity index is 0.000000576. The fraction of sp³-hybridized carbons (Fsp3) is 0.455. The van der Waals surface area contributed by atoms with Gasteiger partial charge in [-0.25, -0.2) is 12.1 Å². The summed E-state index contributed by atoms with van der Waals surface area (Å²) >= 11 is 1.67. The van der Waals surface area contributed by atoms with Crippen LogP contribution in [0.5, 0.6) is 0 Å². The predicted molar refractivity (Wildman–Crippen MR) is 245 cm³/mol. The molecular formula is C55H72Cl2Zr-2. The Morgan fingerprint density at radius 2 is 1.02 bits per heavy atom. The molecule has 0 bridgehead atoms. The Kier molecular flexibility index (Phi) is 19.5. The number of fused-ring (bicyclic) bond motifs is 3. The summed E-state index contributed by atoms with van der Waals surface area (Å²) < 4.78 is 1.79. The van der Waals surface area contributed by atoms with Gasteiger partial charge in [-0.3, -0.25) is 0 Å². The van der Waals surface area contributed by atoms with Gasteiger partial charge in [-0.05, 0) is 61.5 Å². The van der Waals surface area contributed by atoms with Gasteiger partial charge in [0.2, 0.25) is 0 Å². The number of unbranched alkanes of at least 4 members (excludes halogenated alkanes) is 2. The van der Waals surface area contributed by atoms with E-state index in [1.165, 1.54) is 105 Å². The van der Waals surface area contributed by atoms with Gasteiger partial charge in [-0.15, -0.1) is 28.8 Å². The second kappa shape index (κ2) is 21.9. The molecule has 0 saturated heterocycles.